The first kappa shape index (κ1) is 13.4. The van der Waals surface area contributed by atoms with E-state index in [-0.39, 0.29) is 0 Å². The molecular formula is C18H21N. The second-order valence-corrected chi connectivity index (χ2v) is 4.78. The van der Waals surface area contributed by atoms with E-state index in [0.29, 0.717) is 0 Å². The van der Waals surface area contributed by atoms with Crippen molar-refractivity contribution in [2.45, 2.75) is 27.2 Å². The van der Waals surface area contributed by atoms with Gasteiger partial charge in [0.25, 0.3) is 0 Å². The van der Waals surface area contributed by atoms with Gasteiger partial charge in [-0.1, -0.05) is 49.4 Å². The van der Waals surface area contributed by atoms with E-state index in [1.54, 1.807) is 0 Å². The zero-order valence-corrected chi connectivity index (χ0v) is 11.9. The van der Waals surface area contributed by atoms with Crippen molar-refractivity contribution in [3.05, 3.63) is 59.7 Å². The molecule has 2 N–H and O–H groups in total. The van der Waals surface area contributed by atoms with Crippen molar-refractivity contribution in [1.82, 2.24) is 0 Å². The van der Waals surface area contributed by atoms with Crippen molar-refractivity contribution in [3.8, 4) is 11.1 Å². The molecule has 2 aromatic carbocycles. The van der Waals surface area contributed by atoms with Gasteiger partial charge in [0.2, 0.25) is 0 Å². The summed E-state index contributed by atoms with van der Waals surface area (Å²) < 4.78 is 0. The molecule has 0 aliphatic rings. The third-order valence-corrected chi connectivity index (χ3v) is 3.62. The van der Waals surface area contributed by atoms with Crippen LogP contribution in [0.1, 0.15) is 31.9 Å². The summed E-state index contributed by atoms with van der Waals surface area (Å²) in [4.78, 5) is 0. The SMILES string of the molecule is C/C=C(\C)c1ccc(-c2ccccc2CC)cc1N. The molecule has 0 aromatic heterocycles. The van der Waals surface area contributed by atoms with E-state index < -0.39 is 0 Å². The summed E-state index contributed by atoms with van der Waals surface area (Å²) >= 11 is 0. The average Bonchev–Trinajstić information content (AvgIpc) is 2.46. The van der Waals surface area contributed by atoms with E-state index in [1.165, 1.54) is 22.3 Å². The molecule has 0 bridgehead atoms. The highest BCUT2D eigenvalue weighted by molar-refractivity contribution is 5.79. The Balaban J connectivity index is 2.51. The Labute approximate surface area is 115 Å². The Morgan fingerprint density at radius 2 is 1.89 bits per heavy atom. The van der Waals surface area contributed by atoms with Crippen LogP contribution < -0.4 is 5.73 Å². The fourth-order valence-corrected chi connectivity index (χ4v) is 2.36. The highest BCUT2D eigenvalue weighted by atomic mass is 14.6. The second kappa shape index (κ2) is 5.75. The minimum atomic E-state index is 0.846. The summed E-state index contributed by atoms with van der Waals surface area (Å²) in [6.45, 7) is 6.31. The van der Waals surface area contributed by atoms with Crippen LogP contribution in [0.3, 0.4) is 0 Å². The van der Waals surface area contributed by atoms with Gasteiger partial charge in [0.1, 0.15) is 0 Å². The van der Waals surface area contributed by atoms with Gasteiger partial charge in [0.15, 0.2) is 0 Å². The van der Waals surface area contributed by atoms with Gasteiger partial charge in [0, 0.05) is 11.3 Å². The fourth-order valence-electron chi connectivity index (χ4n) is 2.36. The number of nitrogens with two attached hydrogens (primary N) is 1. The van der Waals surface area contributed by atoms with E-state index in [9.17, 15) is 0 Å². The lowest BCUT2D eigenvalue weighted by molar-refractivity contribution is 1.14. The van der Waals surface area contributed by atoms with Crippen LogP contribution >= 0.6 is 0 Å². The summed E-state index contributed by atoms with van der Waals surface area (Å²) in [7, 11) is 0. The number of benzene rings is 2. The van der Waals surface area contributed by atoms with Crippen LogP contribution in [0, 0.1) is 0 Å². The molecule has 1 heteroatoms. The molecule has 1 nitrogen and oxygen atoms in total. The Morgan fingerprint density at radius 1 is 1.16 bits per heavy atom. The summed E-state index contributed by atoms with van der Waals surface area (Å²) in [5, 5.41) is 0. The minimum Gasteiger partial charge on any atom is -0.398 e. The quantitative estimate of drug-likeness (QED) is 0.770. The third-order valence-electron chi connectivity index (χ3n) is 3.62. The van der Waals surface area contributed by atoms with E-state index >= 15 is 0 Å². The van der Waals surface area contributed by atoms with Gasteiger partial charge in [-0.25, -0.2) is 0 Å². The van der Waals surface area contributed by atoms with Crippen LogP contribution in [0.5, 0.6) is 0 Å². The standard InChI is InChI=1S/C18H21N/c1-4-13(3)16-11-10-15(12-18(16)19)17-9-7-6-8-14(17)5-2/h4,6-12H,5,19H2,1-3H3/b13-4+. The minimum absolute atomic E-state index is 0.846. The highest BCUT2D eigenvalue weighted by Crippen LogP contribution is 2.29. The number of nitrogen functional groups attached to an aromatic ring is 1. The number of aryl methyl sites for hydroxylation is 1. The van der Waals surface area contributed by atoms with Gasteiger partial charge in [-0.15, -0.1) is 0 Å². The maximum Gasteiger partial charge on any atom is 0.0396 e. The number of rotatable bonds is 3. The first-order valence-corrected chi connectivity index (χ1v) is 6.78. The number of anilines is 1. The maximum atomic E-state index is 6.19. The lowest BCUT2D eigenvalue weighted by atomic mass is 9.95. The topological polar surface area (TPSA) is 26.0 Å². The molecule has 0 fully saturated rings. The van der Waals surface area contributed by atoms with Crippen molar-refractivity contribution in [2.24, 2.45) is 0 Å². The molecule has 0 spiro atoms. The predicted molar refractivity (Wildman–Crippen MR) is 85.0 cm³/mol. The van der Waals surface area contributed by atoms with Crippen molar-refractivity contribution >= 4 is 11.3 Å². The molecule has 98 valence electrons. The number of allylic oxidation sites excluding steroid dienone is 2. The van der Waals surface area contributed by atoms with Crippen LogP contribution in [-0.2, 0) is 6.42 Å². The van der Waals surface area contributed by atoms with Crippen LogP contribution in [0.15, 0.2) is 48.5 Å². The van der Waals surface area contributed by atoms with Gasteiger partial charge in [0.05, 0.1) is 0 Å². The molecule has 0 aliphatic heterocycles. The first-order chi connectivity index (χ1) is 9.17. The average molecular weight is 251 g/mol. The monoisotopic (exact) mass is 251 g/mol. The molecule has 19 heavy (non-hydrogen) atoms. The molecule has 0 amide bonds. The normalized spacial score (nSPS) is 11.6. The molecule has 0 heterocycles. The first-order valence-electron chi connectivity index (χ1n) is 6.78. The molecule has 0 radical (unpaired) electrons. The van der Waals surface area contributed by atoms with Crippen LogP contribution in [0.4, 0.5) is 5.69 Å². The smallest absolute Gasteiger partial charge is 0.0396 e. The molecule has 2 aromatic rings. The van der Waals surface area contributed by atoms with Crippen molar-refractivity contribution < 1.29 is 0 Å². The molecule has 0 saturated carbocycles. The van der Waals surface area contributed by atoms with Gasteiger partial charge in [-0.05, 0) is 48.6 Å². The largest absolute Gasteiger partial charge is 0.398 e. The van der Waals surface area contributed by atoms with Gasteiger partial charge in [-0.3, -0.25) is 0 Å². The van der Waals surface area contributed by atoms with E-state index in [2.05, 4.69) is 62.4 Å². The Kier molecular flexibility index (Phi) is 4.06. The lowest BCUT2D eigenvalue weighted by Gasteiger charge is -2.11. The van der Waals surface area contributed by atoms with Crippen molar-refractivity contribution in [2.75, 3.05) is 5.73 Å². The van der Waals surface area contributed by atoms with Crippen LogP contribution in [0.25, 0.3) is 16.7 Å². The third kappa shape index (κ3) is 2.70. The van der Waals surface area contributed by atoms with E-state index in [4.69, 9.17) is 5.73 Å². The highest BCUT2D eigenvalue weighted by Gasteiger charge is 2.06. The van der Waals surface area contributed by atoms with Gasteiger partial charge >= 0.3 is 0 Å². The molecule has 0 saturated heterocycles. The van der Waals surface area contributed by atoms with Gasteiger partial charge in [-0.2, -0.15) is 0 Å². The van der Waals surface area contributed by atoms with Crippen molar-refractivity contribution in [1.29, 1.82) is 0 Å². The molecule has 0 unspecified atom stereocenters. The van der Waals surface area contributed by atoms with E-state index in [0.717, 1.165) is 17.7 Å². The number of hydrogen-bond acceptors (Lipinski definition) is 1. The zero-order chi connectivity index (χ0) is 13.8. The molecule has 0 atom stereocenters. The molecular weight excluding hydrogens is 230 g/mol. The summed E-state index contributed by atoms with van der Waals surface area (Å²) in [6.07, 6.45) is 3.12. The summed E-state index contributed by atoms with van der Waals surface area (Å²) in [6, 6.07) is 14.9. The number of hydrogen-bond donors (Lipinski definition) is 1. The van der Waals surface area contributed by atoms with Crippen molar-refractivity contribution in [3.63, 3.8) is 0 Å². The maximum absolute atomic E-state index is 6.19. The Hall–Kier alpha value is -2.02. The predicted octanol–water partition coefficient (Wildman–Crippen LogP) is 4.92. The Bertz CT molecular complexity index is 609. The Morgan fingerprint density at radius 3 is 2.53 bits per heavy atom. The van der Waals surface area contributed by atoms with Crippen LogP contribution in [0.2, 0.25) is 0 Å². The second-order valence-electron chi connectivity index (χ2n) is 4.78. The van der Waals surface area contributed by atoms with E-state index in [1.807, 2.05) is 6.92 Å². The fraction of sp³-hybridized carbons (Fsp3) is 0.222. The lowest BCUT2D eigenvalue weighted by Crippen LogP contribution is -1.94. The van der Waals surface area contributed by atoms with Crippen LogP contribution in [-0.4, -0.2) is 0 Å². The zero-order valence-electron chi connectivity index (χ0n) is 11.9. The molecule has 0 aliphatic carbocycles. The summed E-state index contributed by atoms with van der Waals surface area (Å²) in [5.41, 5.74) is 13.2. The molecule has 2 rings (SSSR count). The van der Waals surface area contributed by atoms with Gasteiger partial charge < -0.3 is 5.73 Å². The summed E-state index contributed by atoms with van der Waals surface area (Å²) in [5.74, 6) is 0.